The summed E-state index contributed by atoms with van der Waals surface area (Å²) in [5, 5.41) is 3.48. The summed E-state index contributed by atoms with van der Waals surface area (Å²) >= 11 is 0. The Morgan fingerprint density at radius 3 is 2.50 bits per heavy atom. The van der Waals surface area contributed by atoms with Gasteiger partial charge in [-0.2, -0.15) is 0 Å². The fourth-order valence-corrected chi connectivity index (χ4v) is 2.64. The van der Waals surface area contributed by atoms with Gasteiger partial charge in [0.2, 0.25) is 0 Å². The highest BCUT2D eigenvalue weighted by molar-refractivity contribution is 5.22. The van der Waals surface area contributed by atoms with Crippen molar-refractivity contribution in [3.63, 3.8) is 0 Å². The summed E-state index contributed by atoms with van der Waals surface area (Å²) in [4.78, 5) is 0. The van der Waals surface area contributed by atoms with Crippen molar-refractivity contribution in [1.82, 2.24) is 5.32 Å². The van der Waals surface area contributed by atoms with Gasteiger partial charge in [0, 0.05) is 31.5 Å². The summed E-state index contributed by atoms with van der Waals surface area (Å²) in [6.07, 6.45) is 0.338. The van der Waals surface area contributed by atoms with Crippen LogP contribution in [-0.2, 0) is 4.74 Å². The Bertz CT molecular complexity index is 312. The van der Waals surface area contributed by atoms with Gasteiger partial charge in [-0.25, -0.2) is 0 Å². The first kappa shape index (κ1) is 15.2. The van der Waals surface area contributed by atoms with E-state index in [-0.39, 0.29) is 0 Å². The second-order valence-corrected chi connectivity index (χ2v) is 4.50. The number of benzene rings is 1. The zero-order valence-electron chi connectivity index (χ0n) is 12.1. The smallest absolute Gasteiger partial charge is 0.0593 e. The second kappa shape index (κ2) is 8.28. The number of hydrogen-bond acceptors (Lipinski definition) is 2. The van der Waals surface area contributed by atoms with E-state index in [0.717, 1.165) is 19.7 Å². The molecule has 2 heteroatoms. The summed E-state index contributed by atoms with van der Waals surface area (Å²) in [5.41, 5.74) is 1.43. The third-order valence-electron chi connectivity index (χ3n) is 3.52. The van der Waals surface area contributed by atoms with Crippen LogP contribution in [0, 0.1) is 5.92 Å². The third-order valence-corrected chi connectivity index (χ3v) is 3.52. The minimum Gasteiger partial charge on any atom is -0.378 e. The van der Waals surface area contributed by atoms with Crippen molar-refractivity contribution in [3.05, 3.63) is 35.9 Å². The first-order chi connectivity index (χ1) is 8.83. The molecule has 0 saturated carbocycles. The number of nitrogens with one attached hydrogen (secondary N) is 1. The quantitative estimate of drug-likeness (QED) is 0.882. The van der Waals surface area contributed by atoms with E-state index >= 15 is 0 Å². The monoisotopic (exact) mass is 249 g/mol. The van der Waals surface area contributed by atoms with E-state index in [1.165, 1.54) is 5.56 Å². The molecule has 1 aromatic carbocycles. The third kappa shape index (κ3) is 3.82. The Kier molecular flexibility index (Phi) is 6.99. The molecule has 3 atom stereocenters. The largest absolute Gasteiger partial charge is 0.378 e. The molecule has 1 aliphatic rings. The van der Waals surface area contributed by atoms with Crippen LogP contribution in [0.5, 0.6) is 0 Å². The molecular formula is C16H27NO. The average molecular weight is 249 g/mol. The van der Waals surface area contributed by atoms with Gasteiger partial charge in [-0.3, -0.25) is 0 Å². The first-order valence-electron chi connectivity index (χ1n) is 7.20. The molecular weight excluding hydrogens is 222 g/mol. The van der Waals surface area contributed by atoms with E-state index < -0.39 is 0 Å². The van der Waals surface area contributed by atoms with Crippen molar-refractivity contribution >= 4 is 0 Å². The minimum absolute atomic E-state index is 0.338. The van der Waals surface area contributed by atoms with Crippen molar-refractivity contribution in [2.45, 2.75) is 39.7 Å². The van der Waals surface area contributed by atoms with Crippen molar-refractivity contribution in [2.24, 2.45) is 5.92 Å². The number of hydrogen-bond donors (Lipinski definition) is 1. The second-order valence-electron chi connectivity index (χ2n) is 4.50. The maximum Gasteiger partial charge on any atom is 0.0593 e. The molecule has 0 amide bonds. The van der Waals surface area contributed by atoms with Gasteiger partial charge in [0.25, 0.3) is 0 Å². The standard InChI is InChI=1S/C14H21NO.C2H6/c1-3-16-11(2)13-9-15-10-14(13)12-7-5-4-6-8-12;1-2/h4-8,11,13-15H,3,9-10H2,1-2H3;1-2H3/t11-,13-,14-;/m0./s1. The van der Waals surface area contributed by atoms with E-state index in [1.807, 2.05) is 13.8 Å². The van der Waals surface area contributed by atoms with Crippen LogP contribution in [0.15, 0.2) is 30.3 Å². The highest BCUT2D eigenvalue weighted by Crippen LogP contribution is 2.31. The predicted octanol–water partition coefficient (Wildman–Crippen LogP) is 3.44. The maximum atomic E-state index is 5.74. The number of rotatable bonds is 4. The van der Waals surface area contributed by atoms with Crippen LogP contribution in [0.1, 0.15) is 39.2 Å². The van der Waals surface area contributed by atoms with Crippen molar-refractivity contribution in [3.8, 4) is 0 Å². The molecule has 0 bridgehead atoms. The van der Waals surface area contributed by atoms with Gasteiger partial charge in [0.1, 0.15) is 0 Å². The number of ether oxygens (including phenoxy) is 1. The Labute approximate surface area is 112 Å². The summed E-state index contributed by atoms with van der Waals surface area (Å²) < 4.78 is 5.74. The average Bonchev–Trinajstić information content (AvgIpc) is 2.92. The lowest BCUT2D eigenvalue weighted by Crippen LogP contribution is -2.26. The van der Waals surface area contributed by atoms with Crippen molar-refractivity contribution in [1.29, 1.82) is 0 Å². The molecule has 1 N–H and O–H groups in total. The molecule has 1 aromatic rings. The van der Waals surface area contributed by atoms with Crippen LogP contribution in [0.2, 0.25) is 0 Å². The summed E-state index contributed by atoms with van der Waals surface area (Å²) in [7, 11) is 0. The molecule has 18 heavy (non-hydrogen) atoms. The fourth-order valence-electron chi connectivity index (χ4n) is 2.64. The minimum atomic E-state index is 0.338. The van der Waals surface area contributed by atoms with Gasteiger partial charge in [-0.1, -0.05) is 44.2 Å². The summed E-state index contributed by atoms with van der Waals surface area (Å²) in [6.45, 7) is 11.2. The van der Waals surface area contributed by atoms with E-state index in [9.17, 15) is 0 Å². The molecule has 2 nitrogen and oxygen atoms in total. The molecule has 0 radical (unpaired) electrons. The van der Waals surface area contributed by atoms with Gasteiger partial charge in [0.15, 0.2) is 0 Å². The van der Waals surface area contributed by atoms with Gasteiger partial charge in [-0.05, 0) is 19.4 Å². The Morgan fingerprint density at radius 1 is 1.22 bits per heavy atom. The van der Waals surface area contributed by atoms with E-state index in [2.05, 4.69) is 49.5 Å². The van der Waals surface area contributed by atoms with Crippen LogP contribution in [0.25, 0.3) is 0 Å². The Morgan fingerprint density at radius 2 is 1.89 bits per heavy atom. The highest BCUT2D eigenvalue weighted by Gasteiger charge is 2.32. The molecule has 1 heterocycles. The predicted molar refractivity (Wildman–Crippen MR) is 78.0 cm³/mol. The van der Waals surface area contributed by atoms with Crippen LogP contribution in [-0.4, -0.2) is 25.8 Å². The van der Waals surface area contributed by atoms with Crippen LogP contribution in [0.4, 0.5) is 0 Å². The maximum absolute atomic E-state index is 5.74. The lowest BCUT2D eigenvalue weighted by molar-refractivity contribution is 0.0341. The van der Waals surface area contributed by atoms with Crippen LogP contribution < -0.4 is 5.32 Å². The molecule has 102 valence electrons. The van der Waals surface area contributed by atoms with Gasteiger partial charge >= 0.3 is 0 Å². The Hall–Kier alpha value is -0.860. The molecule has 1 saturated heterocycles. The molecule has 1 aliphatic heterocycles. The molecule has 1 fully saturated rings. The van der Waals surface area contributed by atoms with Crippen molar-refractivity contribution in [2.75, 3.05) is 19.7 Å². The fraction of sp³-hybridized carbons (Fsp3) is 0.625. The SMILES string of the molecule is CC.CCO[C@@H](C)[C@@H]1CNC[C@H]1c1ccccc1. The first-order valence-corrected chi connectivity index (χ1v) is 7.20. The molecule has 0 spiro atoms. The Balaban J connectivity index is 0.000000771. The molecule has 2 rings (SSSR count). The van der Waals surface area contributed by atoms with Gasteiger partial charge in [-0.15, -0.1) is 0 Å². The lowest BCUT2D eigenvalue weighted by atomic mass is 9.86. The zero-order chi connectivity index (χ0) is 13.4. The van der Waals surface area contributed by atoms with Gasteiger partial charge < -0.3 is 10.1 Å². The van der Waals surface area contributed by atoms with E-state index in [4.69, 9.17) is 4.74 Å². The normalized spacial score (nSPS) is 24.2. The zero-order valence-corrected chi connectivity index (χ0v) is 12.1. The molecule has 0 unspecified atom stereocenters. The molecule has 0 aromatic heterocycles. The van der Waals surface area contributed by atoms with Crippen LogP contribution in [0.3, 0.4) is 0 Å². The summed E-state index contributed by atoms with van der Waals surface area (Å²) in [5.74, 6) is 1.20. The highest BCUT2D eigenvalue weighted by atomic mass is 16.5. The van der Waals surface area contributed by atoms with Gasteiger partial charge in [0.05, 0.1) is 6.10 Å². The van der Waals surface area contributed by atoms with E-state index in [1.54, 1.807) is 0 Å². The lowest BCUT2D eigenvalue weighted by Gasteiger charge is -2.25. The topological polar surface area (TPSA) is 21.3 Å². The van der Waals surface area contributed by atoms with Crippen LogP contribution >= 0.6 is 0 Å². The molecule has 0 aliphatic carbocycles. The van der Waals surface area contributed by atoms with E-state index in [0.29, 0.717) is 17.9 Å². The summed E-state index contributed by atoms with van der Waals surface area (Å²) in [6, 6.07) is 10.8. The van der Waals surface area contributed by atoms with Crippen molar-refractivity contribution < 1.29 is 4.74 Å².